The molecule has 3 heteroatoms. The van der Waals surface area contributed by atoms with E-state index < -0.39 is 0 Å². The molecule has 0 unspecified atom stereocenters. The average molecular weight is 271 g/mol. The zero-order valence-electron chi connectivity index (χ0n) is 12.1. The first-order chi connectivity index (χ1) is 9.65. The number of ether oxygens (including phenoxy) is 1. The average Bonchev–Trinajstić information content (AvgIpc) is 2.42. The molecule has 0 N–H and O–H groups in total. The van der Waals surface area contributed by atoms with Crippen molar-refractivity contribution in [3.05, 3.63) is 64.1 Å². The minimum atomic E-state index is 0.0650. The van der Waals surface area contributed by atoms with E-state index >= 15 is 0 Å². The van der Waals surface area contributed by atoms with Crippen LogP contribution in [0, 0.1) is 13.8 Å². The van der Waals surface area contributed by atoms with Gasteiger partial charge in [-0.05, 0) is 49.9 Å². The maximum atomic E-state index is 11.6. The molecule has 0 spiro atoms. The summed E-state index contributed by atoms with van der Waals surface area (Å²) in [5, 5.41) is 0. The molecule has 2 aromatic rings. The maximum absolute atomic E-state index is 11.6. The molecule has 0 aliphatic heterocycles. The van der Waals surface area contributed by atoms with Gasteiger partial charge in [0.05, 0.1) is 6.61 Å². The van der Waals surface area contributed by atoms with Gasteiger partial charge in [0.25, 0.3) is 5.56 Å². The van der Waals surface area contributed by atoms with E-state index in [1.165, 1.54) is 5.56 Å². The van der Waals surface area contributed by atoms with Crippen molar-refractivity contribution in [2.45, 2.75) is 33.2 Å². The number of rotatable bonds is 6. The van der Waals surface area contributed by atoms with Crippen molar-refractivity contribution in [2.24, 2.45) is 0 Å². The highest BCUT2D eigenvalue weighted by Gasteiger charge is 1.97. The predicted octanol–water partition coefficient (Wildman–Crippen LogP) is 3.32. The Labute approximate surface area is 119 Å². The molecule has 106 valence electrons. The summed E-state index contributed by atoms with van der Waals surface area (Å²) in [5.41, 5.74) is 2.38. The Balaban J connectivity index is 1.74. The van der Waals surface area contributed by atoms with E-state index in [1.54, 1.807) is 10.6 Å². The van der Waals surface area contributed by atoms with Crippen LogP contribution in [0.1, 0.15) is 24.0 Å². The number of unbranched alkanes of at least 4 members (excludes halogenated alkanes) is 1. The van der Waals surface area contributed by atoms with E-state index in [0.29, 0.717) is 6.61 Å². The van der Waals surface area contributed by atoms with Gasteiger partial charge in [-0.2, -0.15) is 0 Å². The van der Waals surface area contributed by atoms with Crippen LogP contribution in [0.3, 0.4) is 0 Å². The van der Waals surface area contributed by atoms with Gasteiger partial charge in [-0.1, -0.05) is 18.2 Å². The Morgan fingerprint density at radius 2 is 1.90 bits per heavy atom. The monoisotopic (exact) mass is 271 g/mol. The second-order valence-corrected chi connectivity index (χ2v) is 5.11. The van der Waals surface area contributed by atoms with Crippen molar-refractivity contribution in [3.63, 3.8) is 0 Å². The number of nitrogens with zero attached hydrogens (tertiary/aromatic N) is 1. The molecule has 0 radical (unpaired) electrons. The highest BCUT2D eigenvalue weighted by Crippen LogP contribution is 2.12. The highest BCUT2D eigenvalue weighted by atomic mass is 16.5. The quantitative estimate of drug-likeness (QED) is 0.755. The van der Waals surface area contributed by atoms with Crippen LogP contribution in [0.15, 0.2) is 47.4 Å². The molecule has 1 aromatic carbocycles. The summed E-state index contributed by atoms with van der Waals surface area (Å²) in [6.45, 7) is 5.48. The van der Waals surface area contributed by atoms with E-state index in [-0.39, 0.29) is 5.56 Å². The van der Waals surface area contributed by atoms with Crippen molar-refractivity contribution in [3.8, 4) is 5.75 Å². The van der Waals surface area contributed by atoms with E-state index in [1.807, 2.05) is 37.4 Å². The molecular formula is C17H21NO2. The van der Waals surface area contributed by atoms with Crippen LogP contribution in [0.4, 0.5) is 0 Å². The Kier molecular flexibility index (Phi) is 4.99. The Hall–Kier alpha value is -2.03. The van der Waals surface area contributed by atoms with Gasteiger partial charge >= 0.3 is 0 Å². The first-order valence-electron chi connectivity index (χ1n) is 7.02. The second kappa shape index (κ2) is 6.94. The molecule has 0 amide bonds. The van der Waals surface area contributed by atoms with E-state index in [0.717, 1.165) is 30.7 Å². The fraction of sp³-hybridized carbons (Fsp3) is 0.353. The van der Waals surface area contributed by atoms with Crippen molar-refractivity contribution in [1.29, 1.82) is 0 Å². The smallest absolute Gasteiger partial charge is 0.250 e. The summed E-state index contributed by atoms with van der Waals surface area (Å²) in [4.78, 5) is 11.6. The lowest BCUT2D eigenvalue weighted by Crippen LogP contribution is -2.18. The molecule has 0 saturated carbocycles. The standard InChI is InChI=1S/C17H21NO2/c1-14-6-5-7-16(12-14)20-11-4-3-10-18-13-15(2)8-9-17(18)19/h5-9,12-13H,3-4,10-11H2,1-2H3. The lowest BCUT2D eigenvalue weighted by molar-refractivity contribution is 0.302. The van der Waals surface area contributed by atoms with Gasteiger partial charge in [0.1, 0.15) is 5.75 Å². The summed E-state index contributed by atoms with van der Waals surface area (Å²) in [5.74, 6) is 0.915. The number of aryl methyl sites for hydroxylation is 3. The Morgan fingerprint density at radius 3 is 2.70 bits per heavy atom. The lowest BCUT2D eigenvalue weighted by Gasteiger charge is -2.08. The van der Waals surface area contributed by atoms with Crippen molar-refractivity contribution in [2.75, 3.05) is 6.61 Å². The van der Waals surface area contributed by atoms with E-state index in [4.69, 9.17) is 4.74 Å². The SMILES string of the molecule is Cc1cccc(OCCCCn2cc(C)ccc2=O)c1. The maximum Gasteiger partial charge on any atom is 0.250 e. The zero-order valence-corrected chi connectivity index (χ0v) is 12.1. The topological polar surface area (TPSA) is 31.2 Å². The largest absolute Gasteiger partial charge is 0.494 e. The fourth-order valence-electron chi connectivity index (χ4n) is 2.11. The van der Waals surface area contributed by atoms with Gasteiger partial charge in [-0.25, -0.2) is 0 Å². The minimum Gasteiger partial charge on any atom is -0.494 e. The summed E-state index contributed by atoms with van der Waals surface area (Å²) in [7, 11) is 0. The summed E-state index contributed by atoms with van der Waals surface area (Å²) < 4.78 is 7.46. The molecule has 1 aromatic heterocycles. The molecule has 20 heavy (non-hydrogen) atoms. The Morgan fingerprint density at radius 1 is 1.05 bits per heavy atom. The van der Waals surface area contributed by atoms with Crippen molar-refractivity contribution >= 4 is 0 Å². The van der Waals surface area contributed by atoms with Crippen LogP contribution in [0.2, 0.25) is 0 Å². The Bertz CT molecular complexity index is 616. The van der Waals surface area contributed by atoms with E-state index in [2.05, 4.69) is 13.0 Å². The predicted molar refractivity (Wildman–Crippen MR) is 81.3 cm³/mol. The first kappa shape index (κ1) is 14.4. The van der Waals surface area contributed by atoms with E-state index in [9.17, 15) is 4.79 Å². The fourth-order valence-corrected chi connectivity index (χ4v) is 2.11. The van der Waals surface area contributed by atoms with Gasteiger partial charge < -0.3 is 9.30 Å². The summed E-state index contributed by atoms with van der Waals surface area (Å²) >= 11 is 0. The van der Waals surface area contributed by atoms with Crippen LogP contribution < -0.4 is 10.3 Å². The number of aromatic nitrogens is 1. The zero-order chi connectivity index (χ0) is 14.4. The number of hydrogen-bond donors (Lipinski definition) is 0. The van der Waals surface area contributed by atoms with Crippen LogP contribution in [0.5, 0.6) is 5.75 Å². The van der Waals surface area contributed by atoms with Crippen LogP contribution in [-0.2, 0) is 6.54 Å². The van der Waals surface area contributed by atoms with Crippen LogP contribution >= 0.6 is 0 Å². The van der Waals surface area contributed by atoms with Gasteiger partial charge in [-0.15, -0.1) is 0 Å². The highest BCUT2D eigenvalue weighted by molar-refractivity contribution is 5.27. The molecule has 2 rings (SSSR count). The van der Waals surface area contributed by atoms with Crippen LogP contribution in [0.25, 0.3) is 0 Å². The minimum absolute atomic E-state index is 0.0650. The summed E-state index contributed by atoms with van der Waals surface area (Å²) in [6.07, 6.45) is 3.78. The molecular weight excluding hydrogens is 250 g/mol. The number of benzene rings is 1. The molecule has 0 aliphatic rings. The molecule has 0 aliphatic carbocycles. The molecule has 0 atom stereocenters. The van der Waals surface area contributed by atoms with Gasteiger partial charge in [0, 0.05) is 18.8 Å². The molecule has 0 bridgehead atoms. The van der Waals surface area contributed by atoms with Gasteiger partial charge in [-0.3, -0.25) is 4.79 Å². The third-order valence-corrected chi connectivity index (χ3v) is 3.18. The first-order valence-corrected chi connectivity index (χ1v) is 7.02. The molecule has 1 heterocycles. The number of pyridine rings is 1. The molecule has 0 fully saturated rings. The lowest BCUT2D eigenvalue weighted by atomic mass is 10.2. The third-order valence-electron chi connectivity index (χ3n) is 3.18. The summed E-state index contributed by atoms with van der Waals surface area (Å²) in [6, 6.07) is 11.5. The van der Waals surface area contributed by atoms with Gasteiger partial charge in [0.15, 0.2) is 0 Å². The normalized spacial score (nSPS) is 10.5. The molecule has 3 nitrogen and oxygen atoms in total. The second-order valence-electron chi connectivity index (χ2n) is 5.11. The van der Waals surface area contributed by atoms with Crippen molar-refractivity contribution in [1.82, 2.24) is 4.57 Å². The van der Waals surface area contributed by atoms with Gasteiger partial charge in [0.2, 0.25) is 0 Å². The van der Waals surface area contributed by atoms with Crippen LogP contribution in [-0.4, -0.2) is 11.2 Å². The number of hydrogen-bond acceptors (Lipinski definition) is 2. The molecule has 0 saturated heterocycles. The third kappa shape index (κ3) is 4.26. The van der Waals surface area contributed by atoms with Crippen molar-refractivity contribution < 1.29 is 4.74 Å².